The highest BCUT2D eigenvalue weighted by molar-refractivity contribution is 5.83. The van der Waals surface area contributed by atoms with Gasteiger partial charge in [0.2, 0.25) is 5.91 Å². The number of hydrogen-bond acceptors (Lipinski definition) is 3. The van der Waals surface area contributed by atoms with Crippen LogP contribution in [0.3, 0.4) is 0 Å². The fourth-order valence-corrected chi connectivity index (χ4v) is 1.60. The second-order valence-electron chi connectivity index (χ2n) is 4.31. The van der Waals surface area contributed by atoms with Crippen molar-refractivity contribution in [3.8, 4) is 0 Å². The number of hydrogen-bond donors (Lipinski definition) is 3. The summed E-state index contributed by atoms with van der Waals surface area (Å²) in [7, 11) is 1.44. The van der Waals surface area contributed by atoms with E-state index >= 15 is 0 Å². The third-order valence-corrected chi connectivity index (χ3v) is 2.63. The van der Waals surface area contributed by atoms with E-state index in [1.807, 2.05) is 0 Å². The maximum atomic E-state index is 11.6. The molecular formula is C10H17N3O4. The van der Waals surface area contributed by atoms with Crippen molar-refractivity contribution in [2.24, 2.45) is 11.7 Å². The lowest BCUT2D eigenvalue weighted by atomic mass is 10.1. The molecular weight excluding hydrogens is 226 g/mol. The first-order chi connectivity index (χ1) is 7.90. The van der Waals surface area contributed by atoms with Gasteiger partial charge in [0.05, 0.1) is 6.42 Å². The van der Waals surface area contributed by atoms with Crippen LogP contribution in [0.25, 0.3) is 0 Å². The SMILES string of the molecule is CN(CC(N)=O)C(=O)NC(CC(=O)O)C1CC1. The lowest BCUT2D eigenvalue weighted by Gasteiger charge is -2.21. The van der Waals surface area contributed by atoms with Gasteiger partial charge in [0.15, 0.2) is 0 Å². The molecule has 0 aromatic heterocycles. The van der Waals surface area contributed by atoms with E-state index in [-0.39, 0.29) is 24.9 Å². The van der Waals surface area contributed by atoms with Gasteiger partial charge < -0.3 is 21.1 Å². The fourth-order valence-electron chi connectivity index (χ4n) is 1.60. The second kappa shape index (κ2) is 5.51. The molecule has 4 N–H and O–H groups in total. The minimum atomic E-state index is -0.945. The molecule has 1 atom stereocenters. The topological polar surface area (TPSA) is 113 Å². The van der Waals surface area contributed by atoms with E-state index in [0.717, 1.165) is 17.7 Å². The molecule has 0 aromatic carbocycles. The van der Waals surface area contributed by atoms with Gasteiger partial charge in [-0.25, -0.2) is 4.79 Å². The summed E-state index contributed by atoms with van der Waals surface area (Å²) < 4.78 is 0. The molecule has 1 rings (SSSR count). The third kappa shape index (κ3) is 4.71. The van der Waals surface area contributed by atoms with Gasteiger partial charge in [-0.15, -0.1) is 0 Å². The van der Waals surface area contributed by atoms with Crippen LogP contribution >= 0.6 is 0 Å². The number of nitrogens with two attached hydrogens (primary N) is 1. The largest absolute Gasteiger partial charge is 0.481 e. The Morgan fingerprint density at radius 3 is 2.47 bits per heavy atom. The number of nitrogens with one attached hydrogen (secondary N) is 1. The van der Waals surface area contributed by atoms with E-state index in [4.69, 9.17) is 10.8 Å². The number of amides is 3. The van der Waals surface area contributed by atoms with Crippen molar-refractivity contribution in [2.75, 3.05) is 13.6 Å². The Balaban J connectivity index is 2.45. The summed E-state index contributed by atoms with van der Waals surface area (Å²) in [5.41, 5.74) is 4.96. The normalized spacial score (nSPS) is 16.1. The molecule has 0 heterocycles. The summed E-state index contributed by atoms with van der Waals surface area (Å²) in [6, 6.07) is -0.836. The molecule has 0 bridgehead atoms. The van der Waals surface area contributed by atoms with Gasteiger partial charge in [0.25, 0.3) is 0 Å². The molecule has 0 radical (unpaired) electrons. The van der Waals surface area contributed by atoms with Crippen LogP contribution in [-0.4, -0.2) is 47.5 Å². The van der Waals surface area contributed by atoms with Gasteiger partial charge in [-0.3, -0.25) is 9.59 Å². The monoisotopic (exact) mass is 243 g/mol. The molecule has 1 unspecified atom stereocenters. The molecule has 7 heteroatoms. The molecule has 0 spiro atoms. The van der Waals surface area contributed by atoms with Crippen LogP contribution in [-0.2, 0) is 9.59 Å². The molecule has 1 aliphatic rings. The van der Waals surface area contributed by atoms with Crippen LogP contribution in [0, 0.1) is 5.92 Å². The van der Waals surface area contributed by atoms with E-state index in [1.54, 1.807) is 0 Å². The Hall–Kier alpha value is -1.79. The van der Waals surface area contributed by atoms with E-state index in [9.17, 15) is 14.4 Å². The third-order valence-electron chi connectivity index (χ3n) is 2.63. The zero-order valence-corrected chi connectivity index (χ0v) is 9.68. The molecule has 96 valence electrons. The van der Waals surface area contributed by atoms with Crippen molar-refractivity contribution in [2.45, 2.75) is 25.3 Å². The van der Waals surface area contributed by atoms with Crippen molar-refractivity contribution in [1.29, 1.82) is 0 Å². The zero-order valence-electron chi connectivity index (χ0n) is 9.68. The number of carbonyl (C=O) groups is 3. The van der Waals surface area contributed by atoms with Gasteiger partial charge in [-0.2, -0.15) is 0 Å². The molecule has 17 heavy (non-hydrogen) atoms. The molecule has 7 nitrogen and oxygen atoms in total. The number of carboxylic acid groups (broad SMARTS) is 1. The predicted octanol–water partition coefficient (Wildman–Crippen LogP) is -0.634. The Labute approximate surface area is 98.9 Å². The molecule has 3 amide bonds. The zero-order chi connectivity index (χ0) is 13.0. The van der Waals surface area contributed by atoms with Gasteiger partial charge in [0, 0.05) is 13.1 Å². The van der Waals surface area contributed by atoms with E-state index in [0.29, 0.717) is 0 Å². The smallest absolute Gasteiger partial charge is 0.317 e. The van der Waals surface area contributed by atoms with E-state index in [2.05, 4.69) is 5.32 Å². The number of carboxylic acids is 1. The minimum absolute atomic E-state index is 0.0964. The van der Waals surface area contributed by atoms with Crippen LogP contribution in [0.4, 0.5) is 4.79 Å². The van der Waals surface area contributed by atoms with E-state index in [1.165, 1.54) is 7.05 Å². The maximum Gasteiger partial charge on any atom is 0.317 e. The summed E-state index contributed by atoms with van der Waals surface area (Å²) >= 11 is 0. The van der Waals surface area contributed by atoms with Crippen LogP contribution in [0.1, 0.15) is 19.3 Å². The molecule has 0 aliphatic heterocycles. The molecule has 0 aromatic rings. The molecule has 0 saturated heterocycles. The highest BCUT2D eigenvalue weighted by Gasteiger charge is 2.34. The lowest BCUT2D eigenvalue weighted by molar-refractivity contribution is -0.137. The summed E-state index contributed by atoms with van der Waals surface area (Å²) in [5, 5.41) is 11.3. The van der Waals surface area contributed by atoms with Crippen molar-refractivity contribution < 1.29 is 19.5 Å². The maximum absolute atomic E-state index is 11.6. The van der Waals surface area contributed by atoms with Crippen LogP contribution < -0.4 is 11.1 Å². The number of likely N-dealkylation sites (N-methyl/N-ethyl adjacent to an activating group) is 1. The highest BCUT2D eigenvalue weighted by atomic mass is 16.4. The Kier molecular flexibility index (Phi) is 4.30. The molecule has 1 aliphatic carbocycles. The molecule has 1 saturated carbocycles. The van der Waals surface area contributed by atoms with Gasteiger partial charge in [-0.05, 0) is 18.8 Å². The van der Waals surface area contributed by atoms with Crippen LogP contribution in [0.15, 0.2) is 0 Å². The van der Waals surface area contributed by atoms with Crippen LogP contribution in [0.2, 0.25) is 0 Å². The number of nitrogens with zero attached hydrogens (tertiary/aromatic N) is 1. The summed E-state index contributed by atoms with van der Waals surface area (Å²) in [4.78, 5) is 34.0. The quantitative estimate of drug-likeness (QED) is 0.576. The number of carbonyl (C=O) groups excluding carboxylic acids is 2. The highest BCUT2D eigenvalue weighted by Crippen LogP contribution is 2.34. The lowest BCUT2D eigenvalue weighted by Crippen LogP contribution is -2.47. The first kappa shape index (κ1) is 13.3. The number of urea groups is 1. The van der Waals surface area contributed by atoms with Gasteiger partial charge >= 0.3 is 12.0 Å². The molecule has 1 fully saturated rings. The Bertz CT molecular complexity index is 328. The standard InChI is InChI=1S/C10H17N3O4/c1-13(5-8(11)14)10(17)12-7(4-9(15)16)6-2-3-6/h6-7H,2-5H2,1H3,(H2,11,14)(H,12,17)(H,15,16). The first-order valence-corrected chi connectivity index (χ1v) is 5.42. The summed E-state index contributed by atoms with van der Waals surface area (Å²) in [6.45, 7) is -0.184. The van der Waals surface area contributed by atoms with Crippen molar-refractivity contribution in [3.63, 3.8) is 0 Å². The number of primary amides is 1. The van der Waals surface area contributed by atoms with Gasteiger partial charge in [0.1, 0.15) is 6.54 Å². The first-order valence-electron chi connectivity index (χ1n) is 5.42. The Morgan fingerprint density at radius 1 is 1.47 bits per heavy atom. The summed E-state index contributed by atoms with van der Waals surface area (Å²) in [6.07, 6.45) is 1.76. The van der Waals surface area contributed by atoms with Gasteiger partial charge in [-0.1, -0.05) is 0 Å². The Morgan fingerprint density at radius 2 is 2.06 bits per heavy atom. The van der Waals surface area contributed by atoms with Crippen molar-refractivity contribution >= 4 is 17.9 Å². The minimum Gasteiger partial charge on any atom is -0.481 e. The number of rotatable bonds is 6. The summed E-state index contributed by atoms with van der Waals surface area (Å²) in [5.74, 6) is -1.32. The van der Waals surface area contributed by atoms with Crippen molar-refractivity contribution in [3.05, 3.63) is 0 Å². The fraction of sp³-hybridized carbons (Fsp3) is 0.700. The van der Waals surface area contributed by atoms with E-state index < -0.39 is 17.9 Å². The number of aliphatic carboxylic acids is 1. The predicted molar refractivity (Wildman–Crippen MR) is 59.1 cm³/mol. The average molecular weight is 243 g/mol. The average Bonchev–Trinajstić information content (AvgIpc) is 2.97. The second-order valence-corrected chi connectivity index (χ2v) is 4.31. The van der Waals surface area contributed by atoms with Crippen LogP contribution in [0.5, 0.6) is 0 Å². The van der Waals surface area contributed by atoms with Crippen molar-refractivity contribution in [1.82, 2.24) is 10.2 Å².